The quantitative estimate of drug-likeness (QED) is 0.636. The molecule has 3 saturated heterocycles. The molecule has 2 aromatic carbocycles. The standard InChI is InChI=1S/C25H28N2O6/c1-25(2)32-21(17-19(28)23(30)26(17)13-15-9-5-3-6-10-15)22(33-25)18-20(29)24(31)27(18)14-16-11-7-4-8-12-16/h3-12,17-22,28-29H,13-14H2,1-2H3/t17-,18-,19-,20-,21-,22+/m1/s1. The Morgan fingerprint density at radius 2 is 1.09 bits per heavy atom. The molecule has 0 unspecified atom stereocenters. The molecule has 3 heterocycles. The Kier molecular flexibility index (Phi) is 5.49. The average molecular weight is 453 g/mol. The molecular formula is C25H28N2O6. The molecule has 3 aliphatic heterocycles. The van der Waals surface area contributed by atoms with E-state index in [1.54, 1.807) is 23.6 Å². The van der Waals surface area contributed by atoms with Crippen LogP contribution in [0.5, 0.6) is 0 Å². The van der Waals surface area contributed by atoms with Crippen molar-refractivity contribution in [1.82, 2.24) is 9.80 Å². The minimum Gasteiger partial charge on any atom is -0.381 e. The van der Waals surface area contributed by atoms with Crippen LogP contribution in [0.3, 0.4) is 0 Å². The summed E-state index contributed by atoms with van der Waals surface area (Å²) in [6.07, 6.45) is -3.87. The van der Waals surface area contributed by atoms with Crippen LogP contribution in [0.15, 0.2) is 60.7 Å². The van der Waals surface area contributed by atoms with Crippen molar-refractivity contribution in [1.29, 1.82) is 0 Å². The van der Waals surface area contributed by atoms with Crippen LogP contribution < -0.4 is 0 Å². The molecule has 33 heavy (non-hydrogen) atoms. The first-order chi connectivity index (χ1) is 15.8. The number of likely N-dealkylation sites (tertiary alicyclic amines) is 2. The maximum absolute atomic E-state index is 12.5. The average Bonchev–Trinajstić information content (AvgIpc) is 3.12. The van der Waals surface area contributed by atoms with E-state index in [1.807, 2.05) is 60.7 Å². The van der Waals surface area contributed by atoms with Crippen molar-refractivity contribution in [2.45, 2.75) is 69.2 Å². The Labute approximate surface area is 192 Å². The highest BCUT2D eigenvalue weighted by Crippen LogP contribution is 2.42. The van der Waals surface area contributed by atoms with Gasteiger partial charge in [0.1, 0.15) is 12.2 Å². The molecule has 2 N–H and O–H groups in total. The summed E-state index contributed by atoms with van der Waals surface area (Å²) in [7, 11) is 0. The fourth-order valence-corrected chi connectivity index (χ4v) is 5.09. The summed E-state index contributed by atoms with van der Waals surface area (Å²) in [6, 6.07) is 17.7. The molecule has 3 aliphatic rings. The van der Waals surface area contributed by atoms with Crippen LogP contribution in [0.25, 0.3) is 0 Å². The number of carbonyl (C=O) groups excluding carboxylic acids is 2. The summed E-state index contributed by atoms with van der Waals surface area (Å²) in [4.78, 5) is 28.2. The number of ether oxygens (including phenoxy) is 2. The number of amides is 2. The van der Waals surface area contributed by atoms with Crippen molar-refractivity contribution in [3.63, 3.8) is 0 Å². The molecule has 6 atom stereocenters. The Morgan fingerprint density at radius 1 is 0.727 bits per heavy atom. The Balaban J connectivity index is 1.40. The normalized spacial score (nSPS) is 33.1. The number of carbonyl (C=O) groups is 2. The molecular weight excluding hydrogens is 424 g/mol. The maximum Gasteiger partial charge on any atom is 0.254 e. The molecule has 2 aromatic rings. The van der Waals surface area contributed by atoms with Crippen LogP contribution in [0.1, 0.15) is 25.0 Å². The molecule has 174 valence electrons. The Bertz CT molecular complexity index is 948. The van der Waals surface area contributed by atoms with Gasteiger partial charge in [-0.3, -0.25) is 9.59 Å². The summed E-state index contributed by atoms with van der Waals surface area (Å²) < 4.78 is 12.3. The van der Waals surface area contributed by atoms with Gasteiger partial charge in [0.2, 0.25) is 0 Å². The van der Waals surface area contributed by atoms with Gasteiger partial charge in [0.25, 0.3) is 11.8 Å². The van der Waals surface area contributed by atoms with Crippen LogP contribution in [0.4, 0.5) is 0 Å². The molecule has 2 amide bonds. The monoisotopic (exact) mass is 452 g/mol. The molecule has 0 radical (unpaired) electrons. The molecule has 8 nitrogen and oxygen atoms in total. The fourth-order valence-electron chi connectivity index (χ4n) is 5.09. The van der Waals surface area contributed by atoms with E-state index < -0.39 is 42.3 Å². The van der Waals surface area contributed by atoms with Gasteiger partial charge in [-0.15, -0.1) is 0 Å². The van der Waals surface area contributed by atoms with Crippen molar-refractivity contribution in [2.75, 3.05) is 0 Å². The Morgan fingerprint density at radius 3 is 1.45 bits per heavy atom. The van der Waals surface area contributed by atoms with Gasteiger partial charge in [-0.2, -0.15) is 0 Å². The first-order valence-corrected chi connectivity index (χ1v) is 11.2. The second kappa shape index (κ2) is 8.22. The van der Waals surface area contributed by atoms with Crippen molar-refractivity contribution < 1.29 is 29.3 Å². The third-order valence-corrected chi connectivity index (χ3v) is 6.67. The topological polar surface area (TPSA) is 99.5 Å². The Hall–Kier alpha value is -2.78. The molecule has 0 bridgehead atoms. The van der Waals surface area contributed by atoms with Gasteiger partial charge in [0.15, 0.2) is 18.0 Å². The molecule has 5 rings (SSSR count). The van der Waals surface area contributed by atoms with Crippen LogP contribution in [-0.4, -0.2) is 74.1 Å². The summed E-state index contributed by atoms with van der Waals surface area (Å²) in [6.45, 7) is 4.16. The van der Waals surface area contributed by atoms with E-state index in [2.05, 4.69) is 0 Å². The number of β-lactam (4-membered cyclic amide) rings is 2. The van der Waals surface area contributed by atoms with Crippen molar-refractivity contribution in [3.8, 4) is 0 Å². The van der Waals surface area contributed by atoms with Gasteiger partial charge in [0.05, 0.1) is 12.1 Å². The first kappa shape index (κ1) is 22.0. The minimum absolute atomic E-state index is 0.328. The third-order valence-electron chi connectivity index (χ3n) is 6.67. The lowest BCUT2D eigenvalue weighted by Gasteiger charge is -2.52. The lowest BCUT2D eigenvalue weighted by atomic mass is 9.82. The summed E-state index contributed by atoms with van der Waals surface area (Å²) >= 11 is 0. The minimum atomic E-state index is -1.23. The van der Waals surface area contributed by atoms with Crippen LogP contribution in [-0.2, 0) is 32.2 Å². The van der Waals surface area contributed by atoms with Gasteiger partial charge < -0.3 is 29.5 Å². The van der Waals surface area contributed by atoms with Gasteiger partial charge in [-0.1, -0.05) is 60.7 Å². The third kappa shape index (κ3) is 3.83. The van der Waals surface area contributed by atoms with Gasteiger partial charge in [-0.05, 0) is 25.0 Å². The molecule has 0 aliphatic carbocycles. The highest BCUT2D eigenvalue weighted by molar-refractivity contribution is 5.89. The summed E-state index contributed by atoms with van der Waals surface area (Å²) in [5.41, 5.74) is 1.86. The summed E-state index contributed by atoms with van der Waals surface area (Å²) in [5.74, 6) is -1.74. The lowest BCUT2D eigenvalue weighted by Crippen LogP contribution is -2.75. The van der Waals surface area contributed by atoms with Gasteiger partial charge >= 0.3 is 0 Å². The van der Waals surface area contributed by atoms with E-state index in [9.17, 15) is 19.8 Å². The van der Waals surface area contributed by atoms with Crippen molar-refractivity contribution in [2.24, 2.45) is 0 Å². The number of aliphatic hydroxyl groups excluding tert-OH is 2. The number of benzene rings is 2. The zero-order valence-corrected chi connectivity index (χ0v) is 18.6. The molecule has 8 heteroatoms. The highest BCUT2D eigenvalue weighted by Gasteiger charge is 2.63. The van der Waals surface area contributed by atoms with Gasteiger partial charge in [-0.25, -0.2) is 0 Å². The zero-order chi connectivity index (χ0) is 23.3. The smallest absolute Gasteiger partial charge is 0.254 e. The van der Waals surface area contributed by atoms with E-state index in [1.165, 1.54) is 0 Å². The largest absolute Gasteiger partial charge is 0.381 e. The zero-order valence-electron chi connectivity index (χ0n) is 18.6. The van der Waals surface area contributed by atoms with E-state index in [0.717, 1.165) is 11.1 Å². The fraction of sp³-hybridized carbons (Fsp3) is 0.440. The van der Waals surface area contributed by atoms with Crippen LogP contribution >= 0.6 is 0 Å². The van der Waals surface area contributed by atoms with E-state index in [4.69, 9.17) is 9.47 Å². The molecule has 3 fully saturated rings. The van der Waals surface area contributed by atoms with Crippen molar-refractivity contribution >= 4 is 11.8 Å². The number of rotatable bonds is 6. The number of aliphatic hydroxyl groups is 2. The van der Waals surface area contributed by atoms with Crippen LogP contribution in [0.2, 0.25) is 0 Å². The number of hydrogen-bond acceptors (Lipinski definition) is 6. The molecule has 0 saturated carbocycles. The first-order valence-electron chi connectivity index (χ1n) is 11.2. The molecule has 0 spiro atoms. The second-order valence-corrected chi connectivity index (χ2v) is 9.34. The lowest BCUT2D eigenvalue weighted by molar-refractivity contribution is -0.190. The van der Waals surface area contributed by atoms with Crippen molar-refractivity contribution in [3.05, 3.63) is 71.8 Å². The number of nitrogens with zero attached hydrogens (tertiary/aromatic N) is 2. The SMILES string of the molecule is CC1(C)O[C@@H]([C@H]2[C@@H](O)C(=O)N2Cc2ccccc2)[C@@H]([C@H]2[C@@H](O)C(=O)N2Cc2ccccc2)O1. The van der Waals surface area contributed by atoms with E-state index >= 15 is 0 Å². The molecule has 0 aromatic heterocycles. The number of hydrogen-bond donors (Lipinski definition) is 2. The van der Waals surface area contributed by atoms with E-state index in [0.29, 0.717) is 13.1 Å². The van der Waals surface area contributed by atoms with Gasteiger partial charge in [0, 0.05) is 13.1 Å². The van der Waals surface area contributed by atoms with E-state index in [-0.39, 0.29) is 11.8 Å². The predicted octanol–water partition coefficient (Wildman–Crippen LogP) is 1.05. The van der Waals surface area contributed by atoms with Crippen LogP contribution in [0, 0.1) is 0 Å². The maximum atomic E-state index is 12.5. The summed E-state index contributed by atoms with van der Waals surface area (Å²) in [5, 5.41) is 21.2. The highest BCUT2D eigenvalue weighted by atomic mass is 16.8. The second-order valence-electron chi connectivity index (χ2n) is 9.34. The predicted molar refractivity (Wildman–Crippen MR) is 117 cm³/mol.